The molecule has 0 bridgehead atoms. The molecule has 1 N–H and O–H groups in total. The molecule has 0 aliphatic carbocycles. The second-order valence-corrected chi connectivity index (χ2v) is 6.55. The van der Waals surface area contributed by atoms with E-state index in [0.717, 1.165) is 17.7 Å². The van der Waals surface area contributed by atoms with Gasteiger partial charge in [-0.2, -0.15) is 13.2 Å². The van der Waals surface area contributed by atoms with Gasteiger partial charge in [0, 0.05) is 30.8 Å². The molecule has 0 aromatic heterocycles. The quantitative estimate of drug-likeness (QED) is 0.844. The lowest BCUT2D eigenvalue weighted by Crippen LogP contribution is -2.28. The number of ether oxygens (including phenoxy) is 1. The van der Waals surface area contributed by atoms with Crippen LogP contribution in [0.25, 0.3) is 0 Å². The summed E-state index contributed by atoms with van der Waals surface area (Å²) in [6, 6.07) is 11.5. The van der Waals surface area contributed by atoms with Crippen molar-refractivity contribution in [1.29, 1.82) is 0 Å². The lowest BCUT2D eigenvalue weighted by molar-refractivity contribution is -0.137. The minimum absolute atomic E-state index is 0.0572. The fourth-order valence-corrected chi connectivity index (χ4v) is 3.13. The second kappa shape index (κ2) is 7.92. The zero-order chi connectivity index (χ0) is 20.3. The molecule has 3 rings (SSSR count). The van der Waals surface area contributed by atoms with Crippen molar-refractivity contribution in [1.82, 2.24) is 4.90 Å². The molecular weight excluding hydrogens is 373 g/mol. The fraction of sp³-hybridized carbons (Fsp3) is 0.300. The molecule has 1 atom stereocenters. The van der Waals surface area contributed by atoms with Crippen LogP contribution in [0.3, 0.4) is 0 Å². The van der Waals surface area contributed by atoms with Crippen LogP contribution in [-0.2, 0) is 22.3 Å². The van der Waals surface area contributed by atoms with Gasteiger partial charge in [-0.15, -0.1) is 0 Å². The molecular formula is C20H19F3N2O3. The maximum atomic E-state index is 12.6. The Bertz CT molecular complexity index is 866. The number of rotatable bonds is 5. The third-order valence-electron chi connectivity index (χ3n) is 4.62. The lowest BCUT2D eigenvalue weighted by Gasteiger charge is -2.18. The van der Waals surface area contributed by atoms with Crippen molar-refractivity contribution in [3.05, 3.63) is 59.7 Å². The summed E-state index contributed by atoms with van der Waals surface area (Å²) in [6.45, 7) is 0.566. The minimum atomic E-state index is -4.43. The van der Waals surface area contributed by atoms with Crippen LogP contribution in [0.4, 0.5) is 18.9 Å². The highest BCUT2D eigenvalue weighted by Gasteiger charge is 2.35. The summed E-state index contributed by atoms with van der Waals surface area (Å²) >= 11 is 0. The van der Waals surface area contributed by atoms with Crippen LogP contribution in [-0.4, -0.2) is 30.4 Å². The molecule has 2 aromatic rings. The van der Waals surface area contributed by atoms with Crippen LogP contribution in [0.15, 0.2) is 48.5 Å². The van der Waals surface area contributed by atoms with Gasteiger partial charge in [-0.05, 0) is 30.3 Å². The number of hydrogen-bond donors (Lipinski definition) is 1. The van der Waals surface area contributed by atoms with Crippen molar-refractivity contribution < 1.29 is 27.5 Å². The van der Waals surface area contributed by atoms with Crippen LogP contribution in [0.1, 0.15) is 17.5 Å². The van der Waals surface area contributed by atoms with Crippen LogP contribution < -0.4 is 10.1 Å². The lowest BCUT2D eigenvalue weighted by atomic mass is 10.1. The molecule has 5 nitrogen and oxygen atoms in total. The molecule has 148 valence electrons. The number of halogens is 3. The molecule has 28 heavy (non-hydrogen) atoms. The summed E-state index contributed by atoms with van der Waals surface area (Å²) in [5.41, 5.74) is 0.306. The van der Waals surface area contributed by atoms with E-state index in [1.807, 2.05) is 18.2 Å². The number of nitrogens with zero attached hydrogens (tertiary/aromatic N) is 1. The largest absolute Gasteiger partial charge is 0.496 e. The zero-order valence-electron chi connectivity index (χ0n) is 15.1. The summed E-state index contributed by atoms with van der Waals surface area (Å²) in [6.07, 6.45) is -4.37. The predicted molar refractivity (Wildman–Crippen MR) is 96.6 cm³/mol. The van der Waals surface area contributed by atoms with E-state index < -0.39 is 23.6 Å². The first kappa shape index (κ1) is 19.7. The number of benzene rings is 2. The average Bonchev–Trinajstić information content (AvgIpc) is 3.02. The van der Waals surface area contributed by atoms with Crippen molar-refractivity contribution in [2.24, 2.45) is 5.92 Å². The Morgan fingerprint density at radius 1 is 1.18 bits per heavy atom. The number of likely N-dealkylation sites (tertiary alicyclic amines) is 1. The average molecular weight is 392 g/mol. The van der Waals surface area contributed by atoms with Crippen LogP contribution in [0, 0.1) is 5.92 Å². The number of methoxy groups -OCH3 is 1. The van der Waals surface area contributed by atoms with Crippen LogP contribution in [0.2, 0.25) is 0 Å². The number of amides is 2. The Hall–Kier alpha value is -3.03. The van der Waals surface area contributed by atoms with Gasteiger partial charge in [0.2, 0.25) is 11.8 Å². The number of alkyl halides is 3. The molecule has 8 heteroatoms. The van der Waals surface area contributed by atoms with Gasteiger partial charge in [0.15, 0.2) is 0 Å². The van der Waals surface area contributed by atoms with Crippen molar-refractivity contribution in [2.75, 3.05) is 19.0 Å². The molecule has 2 amide bonds. The first-order chi connectivity index (χ1) is 13.3. The SMILES string of the molecule is COc1ccccc1CN1CC(C(=O)Nc2ccc(C(F)(F)F)cc2)CC1=O. The van der Waals surface area contributed by atoms with Crippen molar-refractivity contribution in [3.63, 3.8) is 0 Å². The number of carbonyl (C=O) groups is 2. The molecule has 2 aromatic carbocycles. The van der Waals surface area contributed by atoms with Crippen molar-refractivity contribution in [3.8, 4) is 5.75 Å². The molecule has 1 fully saturated rings. The normalized spacial score (nSPS) is 16.9. The number of anilines is 1. The molecule has 0 radical (unpaired) electrons. The van der Waals surface area contributed by atoms with E-state index in [9.17, 15) is 22.8 Å². The summed E-state index contributed by atoms with van der Waals surface area (Å²) in [5.74, 6) is -0.452. The molecule has 1 saturated heterocycles. The van der Waals surface area contributed by atoms with Gasteiger partial charge in [0.05, 0.1) is 18.6 Å². The predicted octanol–water partition coefficient (Wildman–Crippen LogP) is 3.70. The highest BCUT2D eigenvalue weighted by molar-refractivity contribution is 5.97. The summed E-state index contributed by atoms with van der Waals surface area (Å²) in [5, 5.41) is 2.58. The Morgan fingerprint density at radius 2 is 1.86 bits per heavy atom. The first-order valence-corrected chi connectivity index (χ1v) is 8.65. The Morgan fingerprint density at radius 3 is 2.50 bits per heavy atom. The minimum Gasteiger partial charge on any atom is -0.496 e. The van der Waals surface area contributed by atoms with Gasteiger partial charge in [-0.3, -0.25) is 9.59 Å². The van der Waals surface area contributed by atoms with E-state index >= 15 is 0 Å². The number of hydrogen-bond acceptors (Lipinski definition) is 3. The van der Waals surface area contributed by atoms with E-state index in [2.05, 4.69) is 5.32 Å². The monoisotopic (exact) mass is 392 g/mol. The Labute approximate surface area is 160 Å². The van der Waals surface area contributed by atoms with Gasteiger partial charge in [0.25, 0.3) is 0 Å². The molecule has 1 unspecified atom stereocenters. The van der Waals surface area contributed by atoms with Crippen molar-refractivity contribution in [2.45, 2.75) is 19.1 Å². The number of nitrogens with one attached hydrogen (secondary N) is 1. The number of para-hydroxylation sites is 1. The summed E-state index contributed by atoms with van der Waals surface area (Å²) < 4.78 is 43.1. The van der Waals surface area contributed by atoms with Gasteiger partial charge in [-0.25, -0.2) is 0 Å². The third-order valence-corrected chi connectivity index (χ3v) is 4.62. The first-order valence-electron chi connectivity index (χ1n) is 8.65. The highest BCUT2D eigenvalue weighted by Crippen LogP contribution is 2.30. The second-order valence-electron chi connectivity index (χ2n) is 6.55. The topological polar surface area (TPSA) is 58.6 Å². The highest BCUT2D eigenvalue weighted by atomic mass is 19.4. The molecule has 1 aliphatic heterocycles. The standard InChI is InChI=1S/C20H19F3N2O3/c1-28-17-5-3-2-4-13(17)11-25-12-14(10-18(25)26)19(27)24-16-8-6-15(7-9-16)20(21,22)23/h2-9,14H,10-12H2,1H3,(H,24,27). The maximum absolute atomic E-state index is 12.6. The maximum Gasteiger partial charge on any atom is 0.416 e. The van der Waals surface area contributed by atoms with E-state index in [1.54, 1.807) is 18.1 Å². The molecule has 1 heterocycles. The van der Waals surface area contributed by atoms with Gasteiger partial charge >= 0.3 is 6.18 Å². The van der Waals surface area contributed by atoms with Crippen LogP contribution >= 0.6 is 0 Å². The van der Waals surface area contributed by atoms with Gasteiger partial charge in [-0.1, -0.05) is 18.2 Å². The number of carbonyl (C=O) groups excluding carboxylic acids is 2. The zero-order valence-corrected chi connectivity index (χ0v) is 15.1. The Kier molecular flexibility index (Phi) is 5.58. The third kappa shape index (κ3) is 4.44. The Balaban J connectivity index is 1.62. The van der Waals surface area contributed by atoms with Gasteiger partial charge in [0.1, 0.15) is 5.75 Å². The fourth-order valence-electron chi connectivity index (χ4n) is 3.13. The van der Waals surface area contributed by atoms with E-state index in [4.69, 9.17) is 4.74 Å². The molecule has 0 spiro atoms. The summed E-state index contributed by atoms with van der Waals surface area (Å²) in [7, 11) is 1.55. The summed E-state index contributed by atoms with van der Waals surface area (Å²) in [4.78, 5) is 26.3. The van der Waals surface area contributed by atoms with E-state index in [-0.39, 0.29) is 24.6 Å². The van der Waals surface area contributed by atoms with E-state index in [1.165, 1.54) is 12.1 Å². The van der Waals surface area contributed by atoms with Gasteiger partial charge < -0.3 is 15.0 Å². The molecule has 1 aliphatic rings. The van der Waals surface area contributed by atoms with Crippen molar-refractivity contribution >= 4 is 17.5 Å². The van der Waals surface area contributed by atoms with Crippen LogP contribution in [0.5, 0.6) is 5.75 Å². The molecule has 0 saturated carbocycles. The smallest absolute Gasteiger partial charge is 0.416 e. The van der Waals surface area contributed by atoms with E-state index in [0.29, 0.717) is 12.3 Å².